The molecular formula is C57H39NO2. The van der Waals surface area contributed by atoms with Gasteiger partial charge in [-0.25, -0.2) is 0 Å². The zero-order valence-corrected chi connectivity index (χ0v) is 33.3. The Labute approximate surface area is 348 Å². The van der Waals surface area contributed by atoms with Crippen molar-refractivity contribution >= 4 is 60.9 Å². The number of furan rings is 2. The molecule has 60 heavy (non-hydrogen) atoms. The molecule has 0 saturated heterocycles. The van der Waals surface area contributed by atoms with E-state index in [1.54, 1.807) is 0 Å². The van der Waals surface area contributed by atoms with Crippen LogP contribution in [0.25, 0.3) is 88.4 Å². The molecule has 0 spiro atoms. The SMILES string of the molecule is CC1(C)c2ccccc2-c2cc(-c3ccccc3N(c3ccc(-c4cccc5c4oc4ccccc45)cc3)c3cccc(-c4cccc5c4oc4ccccc45)c3)ccc21. The van der Waals surface area contributed by atoms with Crippen LogP contribution in [0.1, 0.15) is 25.0 Å². The van der Waals surface area contributed by atoms with Crippen molar-refractivity contribution in [1.29, 1.82) is 0 Å². The first-order valence-electron chi connectivity index (χ1n) is 20.7. The highest BCUT2D eigenvalue weighted by molar-refractivity contribution is 6.11. The van der Waals surface area contributed by atoms with E-state index >= 15 is 0 Å². The molecule has 2 heterocycles. The van der Waals surface area contributed by atoms with Gasteiger partial charge in [-0.05, 0) is 87.5 Å². The molecule has 11 aromatic rings. The summed E-state index contributed by atoms with van der Waals surface area (Å²) in [5.41, 5.74) is 18.7. The summed E-state index contributed by atoms with van der Waals surface area (Å²) in [6.07, 6.45) is 0. The summed E-state index contributed by atoms with van der Waals surface area (Å²) in [6.45, 7) is 4.67. The molecule has 0 aliphatic heterocycles. The van der Waals surface area contributed by atoms with E-state index in [0.29, 0.717) is 0 Å². The van der Waals surface area contributed by atoms with Crippen molar-refractivity contribution in [2.75, 3.05) is 4.90 Å². The van der Waals surface area contributed by atoms with Crippen LogP contribution in [0, 0.1) is 0 Å². The fourth-order valence-corrected chi connectivity index (χ4v) is 9.78. The summed E-state index contributed by atoms with van der Waals surface area (Å²) in [4.78, 5) is 2.40. The first-order chi connectivity index (χ1) is 29.5. The molecule has 1 aliphatic rings. The molecule has 9 aromatic carbocycles. The lowest BCUT2D eigenvalue weighted by atomic mass is 9.82. The average molecular weight is 770 g/mol. The van der Waals surface area contributed by atoms with Gasteiger partial charge in [-0.15, -0.1) is 0 Å². The van der Waals surface area contributed by atoms with E-state index in [9.17, 15) is 0 Å². The number of hydrogen-bond acceptors (Lipinski definition) is 3. The molecular weight excluding hydrogens is 731 g/mol. The molecule has 0 saturated carbocycles. The van der Waals surface area contributed by atoms with E-state index in [2.05, 4.69) is 195 Å². The van der Waals surface area contributed by atoms with Crippen LogP contribution in [-0.2, 0) is 5.41 Å². The second-order valence-corrected chi connectivity index (χ2v) is 16.4. The van der Waals surface area contributed by atoms with E-state index in [1.165, 1.54) is 27.8 Å². The number of benzene rings is 9. The lowest BCUT2D eigenvalue weighted by Crippen LogP contribution is -2.14. The summed E-state index contributed by atoms with van der Waals surface area (Å²) in [7, 11) is 0. The van der Waals surface area contributed by atoms with Crippen molar-refractivity contribution in [3.8, 4) is 44.5 Å². The third kappa shape index (κ3) is 5.22. The Morgan fingerprint density at radius 3 is 1.58 bits per heavy atom. The van der Waals surface area contributed by atoms with Gasteiger partial charge < -0.3 is 13.7 Å². The molecule has 2 aromatic heterocycles. The average Bonchev–Trinajstić information content (AvgIpc) is 3.95. The Kier molecular flexibility index (Phi) is 7.58. The van der Waals surface area contributed by atoms with Crippen molar-refractivity contribution in [2.45, 2.75) is 19.3 Å². The van der Waals surface area contributed by atoms with Crippen molar-refractivity contribution in [1.82, 2.24) is 0 Å². The summed E-state index contributed by atoms with van der Waals surface area (Å²) >= 11 is 0. The minimum Gasteiger partial charge on any atom is -0.455 e. The maximum atomic E-state index is 6.54. The third-order valence-corrected chi connectivity index (χ3v) is 12.7. The topological polar surface area (TPSA) is 29.5 Å². The molecule has 0 unspecified atom stereocenters. The second-order valence-electron chi connectivity index (χ2n) is 16.4. The predicted octanol–water partition coefficient (Wildman–Crippen LogP) is 16.3. The second kappa shape index (κ2) is 13.2. The smallest absolute Gasteiger partial charge is 0.143 e. The molecule has 0 bridgehead atoms. The maximum absolute atomic E-state index is 6.54. The van der Waals surface area contributed by atoms with Gasteiger partial charge in [-0.3, -0.25) is 0 Å². The number of fused-ring (bicyclic) bond motifs is 9. The monoisotopic (exact) mass is 769 g/mol. The van der Waals surface area contributed by atoms with E-state index in [-0.39, 0.29) is 5.41 Å². The number of nitrogens with zero attached hydrogens (tertiary/aromatic N) is 1. The Morgan fingerprint density at radius 1 is 0.350 bits per heavy atom. The van der Waals surface area contributed by atoms with Crippen LogP contribution in [0.4, 0.5) is 17.1 Å². The minimum absolute atomic E-state index is 0.0619. The Hall–Kier alpha value is -7.62. The van der Waals surface area contributed by atoms with Gasteiger partial charge in [-0.1, -0.05) is 166 Å². The van der Waals surface area contributed by atoms with Crippen LogP contribution in [0.5, 0.6) is 0 Å². The standard InChI is InChI=1S/C57H39NO2/c1-57(2)50-24-7-3-17-44(50)49-35-38(30-33-51(49)57)41-16-4-8-25-52(41)58(39-31-28-36(29-32-39)42-20-12-22-47-45-18-5-9-26-53(45)59-55(42)47)40-15-11-14-37(34-40)43-21-13-23-48-46-19-6-10-27-54(46)60-56(43)48/h3-35H,1-2H3. The highest BCUT2D eigenvalue weighted by Crippen LogP contribution is 2.51. The van der Waals surface area contributed by atoms with Crippen molar-refractivity contribution < 1.29 is 8.83 Å². The van der Waals surface area contributed by atoms with Crippen molar-refractivity contribution in [2.24, 2.45) is 0 Å². The summed E-state index contributed by atoms with van der Waals surface area (Å²) < 4.78 is 13.0. The number of hydrogen-bond donors (Lipinski definition) is 0. The van der Waals surface area contributed by atoms with Crippen LogP contribution in [-0.4, -0.2) is 0 Å². The quantitative estimate of drug-likeness (QED) is 0.169. The first kappa shape index (κ1) is 34.4. The number of para-hydroxylation sites is 5. The van der Waals surface area contributed by atoms with E-state index in [1.807, 2.05) is 24.3 Å². The van der Waals surface area contributed by atoms with Gasteiger partial charge in [0.2, 0.25) is 0 Å². The van der Waals surface area contributed by atoms with E-state index < -0.39 is 0 Å². The summed E-state index contributed by atoms with van der Waals surface area (Å²) in [5, 5.41) is 4.50. The van der Waals surface area contributed by atoms with Gasteiger partial charge in [-0.2, -0.15) is 0 Å². The molecule has 0 atom stereocenters. The lowest BCUT2D eigenvalue weighted by Gasteiger charge is -2.29. The highest BCUT2D eigenvalue weighted by Gasteiger charge is 2.35. The van der Waals surface area contributed by atoms with Crippen LogP contribution in [0.15, 0.2) is 209 Å². The van der Waals surface area contributed by atoms with Gasteiger partial charge in [0.05, 0.1) is 5.69 Å². The molecule has 3 heteroatoms. The molecule has 12 rings (SSSR count). The van der Waals surface area contributed by atoms with Crippen LogP contribution in [0.2, 0.25) is 0 Å². The largest absolute Gasteiger partial charge is 0.455 e. The zero-order valence-electron chi connectivity index (χ0n) is 33.3. The maximum Gasteiger partial charge on any atom is 0.143 e. The van der Waals surface area contributed by atoms with Crippen LogP contribution < -0.4 is 4.90 Å². The van der Waals surface area contributed by atoms with Gasteiger partial charge in [0, 0.05) is 55.0 Å². The van der Waals surface area contributed by atoms with Gasteiger partial charge in [0.15, 0.2) is 0 Å². The normalized spacial score (nSPS) is 13.0. The van der Waals surface area contributed by atoms with Gasteiger partial charge in [0.1, 0.15) is 22.3 Å². The summed E-state index contributed by atoms with van der Waals surface area (Å²) in [6, 6.07) is 71.9. The number of rotatable bonds is 6. The fraction of sp³-hybridized carbons (Fsp3) is 0.0526. The molecule has 0 radical (unpaired) electrons. The highest BCUT2D eigenvalue weighted by atomic mass is 16.3. The Balaban J connectivity index is 1.03. The molecule has 284 valence electrons. The van der Waals surface area contributed by atoms with Crippen LogP contribution >= 0.6 is 0 Å². The molecule has 1 aliphatic carbocycles. The zero-order chi connectivity index (χ0) is 40.0. The third-order valence-electron chi connectivity index (χ3n) is 12.7. The number of anilines is 3. The Morgan fingerprint density at radius 2 is 0.867 bits per heavy atom. The van der Waals surface area contributed by atoms with Crippen LogP contribution in [0.3, 0.4) is 0 Å². The first-order valence-corrected chi connectivity index (χ1v) is 20.7. The van der Waals surface area contributed by atoms with E-state index in [4.69, 9.17) is 8.83 Å². The molecule has 0 fully saturated rings. The molecule has 3 nitrogen and oxygen atoms in total. The molecule has 0 N–H and O–H groups in total. The fourth-order valence-electron chi connectivity index (χ4n) is 9.78. The van der Waals surface area contributed by atoms with Crippen molar-refractivity contribution in [3.05, 3.63) is 211 Å². The van der Waals surface area contributed by atoms with Crippen molar-refractivity contribution in [3.63, 3.8) is 0 Å². The summed E-state index contributed by atoms with van der Waals surface area (Å²) in [5.74, 6) is 0. The van der Waals surface area contributed by atoms with Gasteiger partial charge in [0.25, 0.3) is 0 Å². The minimum atomic E-state index is -0.0619. The Bertz CT molecular complexity index is 3470. The molecule has 0 amide bonds. The lowest BCUT2D eigenvalue weighted by molar-refractivity contribution is 0.660. The van der Waals surface area contributed by atoms with E-state index in [0.717, 1.165) is 88.8 Å². The van der Waals surface area contributed by atoms with Gasteiger partial charge >= 0.3 is 0 Å². The predicted molar refractivity (Wildman–Crippen MR) is 250 cm³/mol.